The van der Waals surface area contributed by atoms with Gasteiger partial charge in [0, 0.05) is 0 Å². The quantitative estimate of drug-likeness (QED) is 0.102. The van der Waals surface area contributed by atoms with Crippen LogP contribution in [0.2, 0.25) is 0 Å². The molecule has 0 saturated carbocycles. The van der Waals surface area contributed by atoms with E-state index in [4.69, 9.17) is 14.8 Å². The van der Waals surface area contributed by atoms with Gasteiger partial charge in [-0.15, -0.1) is 0 Å². The molecule has 2 aliphatic heterocycles. The molecule has 8 rings (SSSR count). The average Bonchev–Trinajstić information content (AvgIpc) is 3.58. The molecule has 5 heteroatoms. The Morgan fingerprint density at radius 2 is 1.07 bits per heavy atom. The third kappa shape index (κ3) is 6.71. The van der Waals surface area contributed by atoms with Gasteiger partial charge in [-0.2, -0.15) is 0 Å². The summed E-state index contributed by atoms with van der Waals surface area (Å²) in [5, 5.41) is -0.299. The molecule has 1 atom stereocenters. The predicted octanol–water partition coefficient (Wildman–Crippen LogP) is 12.1. The van der Waals surface area contributed by atoms with Gasteiger partial charge in [0.05, 0.1) is 0 Å². The van der Waals surface area contributed by atoms with Crippen molar-refractivity contribution in [1.82, 2.24) is 4.90 Å². The van der Waals surface area contributed by atoms with Crippen LogP contribution in [-0.4, -0.2) is 17.1 Å². The maximum atomic E-state index is 7.13. The first kappa shape index (κ1) is 35.8. The van der Waals surface area contributed by atoms with E-state index in [0.29, 0.717) is 0 Å². The number of hydrogen-bond acceptors (Lipinski definition) is 3. The summed E-state index contributed by atoms with van der Waals surface area (Å²) in [6.07, 6.45) is 8.88. The number of ether oxygens (including phenoxy) is 1. The van der Waals surface area contributed by atoms with Crippen LogP contribution in [0.4, 0.5) is 5.69 Å². The number of nitrogens with zero attached hydrogens (tertiary/aromatic N) is 2. The fourth-order valence-electron chi connectivity index (χ4n) is 8.38. The number of allylic oxidation sites excluding steroid dienone is 3. The first-order chi connectivity index (χ1) is 26.5. The van der Waals surface area contributed by atoms with Gasteiger partial charge in [0.15, 0.2) is 0 Å². The molecule has 0 aromatic heterocycles. The third-order valence-corrected chi connectivity index (χ3v) is 11.7. The predicted molar refractivity (Wildman–Crippen MR) is 220 cm³/mol. The summed E-state index contributed by atoms with van der Waals surface area (Å²) in [5.41, 5.74) is 15.4. The molecule has 0 fully saturated rings. The van der Waals surface area contributed by atoms with Gasteiger partial charge in [-0.25, -0.2) is 0 Å². The Bertz CT molecular complexity index is 2150. The van der Waals surface area contributed by atoms with E-state index in [1.165, 1.54) is 58.6 Å². The van der Waals surface area contributed by atoms with Crippen LogP contribution in [0.1, 0.15) is 67.5 Å². The van der Waals surface area contributed by atoms with E-state index in [0.717, 1.165) is 34.0 Å². The number of benzene rings is 6. The zero-order valence-electron chi connectivity index (χ0n) is 30.9. The van der Waals surface area contributed by atoms with E-state index in [1.807, 2.05) is 0 Å². The van der Waals surface area contributed by atoms with Gasteiger partial charge in [-0.05, 0) is 0 Å². The van der Waals surface area contributed by atoms with Crippen LogP contribution in [0.25, 0.3) is 5.70 Å². The maximum absolute atomic E-state index is 7.13. The first-order valence-electron chi connectivity index (χ1n) is 18.3. The van der Waals surface area contributed by atoms with E-state index in [-0.39, 0.29) is 16.9 Å². The molecule has 6 aromatic carbocycles. The second kappa shape index (κ2) is 15.6. The average molecular weight is 775 g/mol. The molecule has 0 amide bonds. The molecule has 0 radical (unpaired) electrons. The number of halogens is 1. The summed E-state index contributed by atoms with van der Waals surface area (Å²) >= 11 is 1.45. The third-order valence-electron chi connectivity index (χ3n) is 10.5. The number of anilines is 1. The van der Waals surface area contributed by atoms with Crippen LogP contribution in [0, 0.1) is 20.8 Å². The van der Waals surface area contributed by atoms with E-state index in [2.05, 4.69) is 201 Å². The van der Waals surface area contributed by atoms with Crippen molar-refractivity contribution in [3.05, 3.63) is 231 Å². The van der Waals surface area contributed by atoms with Gasteiger partial charge in [0.2, 0.25) is 0 Å². The van der Waals surface area contributed by atoms with E-state index in [9.17, 15) is 0 Å². The SMILES string of the molecule is COc1cc(C(c2ccccc2)c2ccccc2)c(N2C=C3C=CC=C(c4c(C)cc(C)cc4C)N3[CH]2[Cu-][Cl])c(C(c2ccccc2)c2ccccc2)c1. The monoisotopic (exact) mass is 773 g/mol. The summed E-state index contributed by atoms with van der Waals surface area (Å²) in [6.45, 7) is 6.58. The molecular weight excluding hydrogens is 732 g/mol. The minimum absolute atomic E-state index is 0.105. The standard InChI is InChI=1S/C49H43N2O.ClH.Cu/c1-34-28-35(2)46(36(3)29-34)45-27-17-26-41-32-50(33-51(41)45)49-43(47(37-18-9-5-10-19-37)38-20-11-6-12-21-38)30-42(52-4)31-44(49)48(39-22-13-7-14-23-39)40-24-15-8-16-25-40;;/h5-33,47-48H,1-4H3;1H;/p-1. The second-order valence-electron chi connectivity index (χ2n) is 14.0. The molecule has 2 heterocycles. The van der Waals surface area contributed by atoms with E-state index < -0.39 is 0 Å². The molecule has 0 spiro atoms. The van der Waals surface area contributed by atoms with Crippen molar-refractivity contribution in [1.29, 1.82) is 0 Å². The van der Waals surface area contributed by atoms with Crippen LogP contribution in [0.3, 0.4) is 0 Å². The Kier molecular flexibility index (Phi) is 10.3. The minimum atomic E-state index is -0.299. The van der Waals surface area contributed by atoms with Gasteiger partial charge < -0.3 is 0 Å². The van der Waals surface area contributed by atoms with Crippen molar-refractivity contribution >= 4 is 21.5 Å². The Balaban J connectivity index is 1.43. The molecule has 0 saturated heterocycles. The van der Waals surface area contributed by atoms with E-state index in [1.54, 1.807) is 7.11 Å². The number of methoxy groups -OCH3 is 1. The molecular formula is C49H43ClCuN2O-. The molecule has 54 heavy (non-hydrogen) atoms. The number of fused-ring (bicyclic) bond motifs is 1. The molecule has 0 N–H and O–H groups in total. The summed E-state index contributed by atoms with van der Waals surface area (Å²) in [7, 11) is 8.90. The van der Waals surface area contributed by atoms with Crippen LogP contribution in [-0.2, 0) is 14.0 Å². The molecule has 274 valence electrons. The van der Waals surface area contributed by atoms with Gasteiger partial charge in [-0.1, -0.05) is 0 Å². The number of hydrogen-bond donors (Lipinski definition) is 0. The van der Waals surface area contributed by atoms with Gasteiger partial charge in [-0.3, -0.25) is 0 Å². The molecule has 1 unspecified atom stereocenters. The van der Waals surface area contributed by atoms with Crippen LogP contribution in [0.15, 0.2) is 176 Å². The zero-order valence-corrected chi connectivity index (χ0v) is 32.6. The molecule has 0 bridgehead atoms. The van der Waals surface area contributed by atoms with Crippen molar-refractivity contribution in [2.75, 3.05) is 12.0 Å². The van der Waals surface area contributed by atoms with Gasteiger partial charge >= 0.3 is 332 Å². The van der Waals surface area contributed by atoms with Crippen LogP contribution in [0.5, 0.6) is 5.75 Å². The number of rotatable bonds is 10. The fraction of sp³-hybridized carbons (Fsp3) is 0.143. The van der Waals surface area contributed by atoms with Gasteiger partial charge in [0.25, 0.3) is 0 Å². The van der Waals surface area contributed by atoms with Gasteiger partial charge in [0.1, 0.15) is 0 Å². The summed E-state index contributed by atoms with van der Waals surface area (Å²) in [4.78, 5) is 4.81. The zero-order chi connectivity index (χ0) is 37.2. The van der Waals surface area contributed by atoms with Crippen molar-refractivity contribution in [2.45, 2.75) is 37.7 Å². The van der Waals surface area contributed by atoms with Crippen molar-refractivity contribution in [3.63, 3.8) is 0 Å². The molecule has 3 nitrogen and oxygen atoms in total. The Labute approximate surface area is 330 Å². The molecule has 6 aromatic rings. The van der Waals surface area contributed by atoms with Crippen molar-refractivity contribution < 1.29 is 18.8 Å². The summed E-state index contributed by atoms with van der Waals surface area (Å²) < 4.78 is 6.22. The Hall–Kier alpha value is -5.25. The summed E-state index contributed by atoms with van der Waals surface area (Å²) in [6, 6.07) is 52.3. The van der Waals surface area contributed by atoms with Crippen LogP contribution >= 0.6 is 10.1 Å². The summed E-state index contributed by atoms with van der Waals surface area (Å²) in [5.74, 6) is 0.597. The topological polar surface area (TPSA) is 15.7 Å². The first-order valence-corrected chi connectivity index (χ1v) is 20.2. The normalized spacial score (nSPS) is 15.1. The van der Waals surface area contributed by atoms with E-state index >= 15 is 0 Å². The second-order valence-corrected chi connectivity index (χ2v) is 15.3. The van der Waals surface area contributed by atoms with Crippen LogP contribution < -0.4 is 9.64 Å². The Morgan fingerprint density at radius 1 is 0.630 bits per heavy atom. The Morgan fingerprint density at radius 3 is 1.48 bits per heavy atom. The molecule has 2 aliphatic rings. The molecule has 0 aliphatic carbocycles. The van der Waals surface area contributed by atoms with Crippen molar-refractivity contribution in [2.24, 2.45) is 0 Å². The fourth-order valence-corrected chi connectivity index (χ4v) is 9.54. The number of aryl methyl sites for hydroxylation is 3. The van der Waals surface area contributed by atoms with Crippen molar-refractivity contribution in [3.8, 4) is 5.75 Å².